The summed E-state index contributed by atoms with van der Waals surface area (Å²) in [6.45, 7) is 13.8. The van der Waals surface area contributed by atoms with Crippen LogP contribution in [0.25, 0.3) is 0 Å². The van der Waals surface area contributed by atoms with E-state index in [1.165, 1.54) is 186 Å². The average Bonchev–Trinajstić information content (AvgIpc) is 3.26. The molecule has 62 heavy (non-hydrogen) atoms. The Kier molecular flexibility index (Phi) is 46.2. The maximum absolute atomic E-state index is 12.8. The van der Waals surface area contributed by atoms with E-state index in [0.29, 0.717) is 19.3 Å². The molecule has 0 aromatic heterocycles. The van der Waals surface area contributed by atoms with Gasteiger partial charge in [-0.2, -0.15) is 0 Å². The van der Waals surface area contributed by atoms with Crippen molar-refractivity contribution >= 4 is 17.9 Å². The molecule has 0 radical (unpaired) electrons. The highest BCUT2D eigenvalue weighted by atomic mass is 16.6. The second-order valence-electron chi connectivity index (χ2n) is 20.2. The smallest absolute Gasteiger partial charge is 0.306 e. The zero-order valence-corrected chi connectivity index (χ0v) is 42.7. The molecule has 0 heterocycles. The van der Waals surface area contributed by atoms with Gasteiger partial charge >= 0.3 is 17.9 Å². The first-order valence-corrected chi connectivity index (χ1v) is 27.7. The molecule has 0 aliphatic rings. The Hall–Kier alpha value is -1.59. The third kappa shape index (κ3) is 46.4. The topological polar surface area (TPSA) is 78.9 Å². The van der Waals surface area contributed by atoms with E-state index in [4.69, 9.17) is 14.2 Å². The SMILES string of the molecule is CCC(C)CCCCCCCCCCCCCCCCC(=O)OC[C@@H](COC(=O)CCCCCCCCC(C)CC)OC(=O)CCCCCCCCCCCCCCCC(C)C. The van der Waals surface area contributed by atoms with Gasteiger partial charge in [0.15, 0.2) is 6.10 Å². The molecule has 368 valence electrons. The Morgan fingerprint density at radius 3 is 0.839 bits per heavy atom. The summed E-state index contributed by atoms with van der Waals surface area (Å²) in [5, 5.41) is 0. The highest BCUT2D eigenvalue weighted by Gasteiger charge is 2.19. The van der Waals surface area contributed by atoms with Crippen LogP contribution in [0.15, 0.2) is 0 Å². The van der Waals surface area contributed by atoms with Crippen molar-refractivity contribution in [3.05, 3.63) is 0 Å². The van der Waals surface area contributed by atoms with Gasteiger partial charge in [-0.05, 0) is 37.0 Å². The fourth-order valence-corrected chi connectivity index (χ4v) is 8.40. The fraction of sp³-hybridized carbons (Fsp3) is 0.946. The maximum Gasteiger partial charge on any atom is 0.306 e. The number of rotatable bonds is 49. The van der Waals surface area contributed by atoms with E-state index in [-0.39, 0.29) is 31.1 Å². The third-order valence-corrected chi connectivity index (χ3v) is 13.4. The lowest BCUT2D eigenvalue weighted by atomic mass is 9.99. The Bertz CT molecular complexity index is 964. The summed E-state index contributed by atoms with van der Waals surface area (Å²) in [7, 11) is 0. The zero-order valence-electron chi connectivity index (χ0n) is 42.7. The third-order valence-electron chi connectivity index (χ3n) is 13.4. The molecule has 0 saturated heterocycles. The summed E-state index contributed by atoms with van der Waals surface area (Å²) in [6, 6.07) is 0. The molecule has 0 bridgehead atoms. The Balaban J connectivity index is 4.27. The number of esters is 3. The van der Waals surface area contributed by atoms with Gasteiger partial charge < -0.3 is 14.2 Å². The molecule has 0 aromatic rings. The zero-order chi connectivity index (χ0) is 45.6. The van der Waals surface area contributed by atoms with E-state index in [1.807, 2.05) is 0 Å². The first-order valence-electron chi connectivity index (χ1n) is 27.7. The molecule has 0 aromatic carbocycles. The lowest BCUT2D eigenvalue weighted by Gasteiger charge is -2.18. The number of hydrogen-bond donors (Lipinski definition) is 0. The predicted molar refractivity (Wildman–Crippen MR) is 266 cm³/mol. The van der Waals surface area contributed by atoms with E-state index in [1.54, 1.807) is 0 Å². The van der Waals surface area contributed by atoms with Crippen LogP contribution < -0.4 is 0 Å². The summed E-state index contributed by atoms with van der Waals surface area (Å²) in [6.07, 6.45) is 48.0. The van der Waals surface area contributed by atoms with Gasteiger partial charge in [0.25, 0.3) is 0 Å². The molecule has 6 heteroatoms. The predicted octanol–water partition coefficient (Wildman–Crippen LogP) is 17.9. The molecule has 2 unspecified atom stereocenters. The van der Waals surface area contributed by atoms with Crippen molar-refractivity contribution in [3.8, 4) is 0 Å². The first kappa shape index (κ1) is 60.4. The number of carbonyl (C=O) groups is 3. The van der Waals surface area contributed by atoms with E-state index >= 15 is 0 Å². The second-order valence-corrected chi connectivity index (χ2v) is 20.2. The molecule has 0 saturated carbocycles. The van der Waals surface area contributed by atoms with Gasteiger partial charge in [0.05, 0.1) is 0 Å². The van der Waals surface area contributed by atoms with Crippen molar-refractivity contribution in [2.24, 2.45) is 17.8 Å². The van der Waals surface area contributed by atoms with Crippen molar-refractivity contribution < 1.29 is 28.6 Å². The van der Waals surface area contributed by atoms with Crippen LogP contribution in [-0.2, 0) is 28.6 Å². The number of unbranched alkanes of at least 4 members (excludes halogenated alkanes) is 30. The van der Waals surface area contributed by atoms with Crippen LogP contribution in [0.3, 0.4) is 0 Å². The van der Waals surface area contributed by atoms with E-state index in [0.717, 1.165) is 75.5 Å². The largest absolute Gasteiger partial charge is 0.462 e. The molecule has 6 nitrogen and oxygen atoms in total. The second kappa shape index (κ2) is 47.4. The molecule has 0 rings (SSSR count). The van der Waals surface area contributed by atoms with Crippen LogP contribution in [0.2, 0.25) is 0 Å². The van der Waals surface area contributed by atoms with Gasteiger partial charge in [0, 0.05) is 19.3 Å². The number of ether oxygens (including phenoxy) is 3. The van der Waals surface area contributed by atoms with Crippen LogP contribution in [0, 0.1) is 17.8 Å². The van der Waals surface area contributed by atoms with Gasteiger partial charge in [-0.1, -0.05) is 266 Å². The fourth-order valence-electron chi connectivity index (χ4n) is 8.40. The van der Waals surface area contributed by atoms with E-state index in [2.05, 4.69) is 41.5 Å². The summed E-state index contributed by atoms with van der Waals surface area (Å²) >= 11 is 0. The minimum atomic E-state index is -0.763. The van der Waals surface area contributed by atoms with Crippen molar-refractivity contribution in [2.75, 3.05) is 13.2 Å². The van der Waals surface area contributed by atoms with Gasteiger partial charge in [-0.25, -0.2) is 0 Å². The monoisotopic (exact) mass is 877 g/mol. The normalized spacial score (nSPS) is 13.0. The van der Waals surface area contributed by atoms with Crippen LogP contribution in [0.4, 0.5) is 0 Å². The lowest BCUT2D eigenvalue weighted by Crippen LogP contribution is -2.30. The maximum atomic E-state index is 12.8. The molecular formula is C56H108O6. The minimum absolute atomic E-state index is 0.0646. The van der Waals surface area contributed by atoms with Crippen LogP contribution in [-0.4, -0.2) is 37.2 Å². The summed E-state index contributed by atoms with van der Waals surface area (Å²) in [5.74, 6) is 1.70. The summed E-state index contributed by atoms with van der Waals surface area (Å²) < 4.78 is 16.8. The van der Waals surface area contributed by atoms with Crippen LogP contribution in [0.1, 0.15) is 305 Å². The average molecular weight is 877 g/mol. The minimum Gasteiger partial charge on any atom is -0.462 e. The lowest BCUT2D eigenvalue weighted by molar-refractivity contribution is -0.167. The van der Waals surface area contributed by atoms with Gasteiger partial charge in [-0.15, -0.1) is 0 Å². The molecule has 0 aliphatic carbocycles. The molecule has 0 aliphatic heterocycles. The van der Waals surface area contributed by atoms with Gasteiger partial charge in [0.1, 0.15) is 13.2 Å². The standard InChI is InChI=1S/C56H108O6/c1-7-51(5)43-37-31-25-21-17-13-9-10-14-18-22-26-33-39-45-54(57)60-48-53(49-61-55(58)46-40-34-29-28-32-38-44-52(6)8-2)62-56(59)47-41-35-27-23-19-15-11-12-16-20-24-30-36-42-50(3)4/h50-53H,7-49H2,1-6H3/t51?,52?,53-/m0/s1. The summed E-state index contributed by atoms with van der Waals surface area (Å²) in [4.78, 5) is 38.0. The van der Waals surface area contributed by atoms with Gasteiger partial charge in [-0.3, -0.25) is 14.4 Å². The van der Waals surface area contributed by atoms with Crippen molar-refractivity contribution in [1.29, 1.82) is 0 Å². The molecule has 0 fully saturated rings. The van der Waals surface area contributed by atoms with Crippen molar-refractivity contribution in [3.63, 3.8) is 0 Å². The van der Waals surface area contributed by atoms with Crippen LogP contribution >= 0.6 is 0 Å². The quantitative estimate of drug-likeness (QED) is 0.0344. The number of carbonyl (C=O) groups excluding carboxylic acids is 3. The highest BCUT2D eigenvalue weighted by molar-refractivity contribution is 5.71. The molecular weight excluding hydrogens is 769 g/mol. The van der Waals surface area contributed by atoms with Crippen molar-refractivity contribution in [1.82, 2.24) is 0 Å². The molecule has 0 amide bonds. The molecule has 0 N–H and O–H groups in total. The Labute approximate surface area is 387 Å². The van der Waals surface area contributed by atoms with E-state index in [9.17, 15) is 14.4 Å². The highest BCUT2D eigenvalue weighted by Crippen LogP contribution is 2.19. The Morgan fingerprint density at radius 2 is 0.565 bits per heavy atom. The molecule has 0 spiro atoms. The van der Waals surface area contributed by atoms with E-state index < -0.39 is 6.10 Å². The van der Waals surface area contributed by atoms with Crippen molar-refractivity contribution in [2.45, 2.75) is 311 Å². The molecule has 3 atom stereocenters. The van der Waals surface area contributed by atoms with Gasteiger partial charge in [0.2, 0.25) is 0 Å². The Morgan fingerprint density at radius 1 is 0.323 bits per heavy atom. The number of hydrogen-bond acceptors (Lipinski definition) is 6. The first-order chi connectivity index (χ1) is 30.2. The summed E-state index contributed by atoms with van der Waals surface area (Å²) in [5.41, 5.74) is 0. The van der Waals surface area contributed by atoms with Crippen LogP contribution in [0.5, 0.6) is 0 Å².